The van der Waals surface area contributed by atoms with E-state index in [1.54, 1.807) is 66.9 Å². The lowest BCUT2D eigenvalue weighted by atomic mass is 10.1. The van der Waals surface area contributed by atoms with E-state index in [2.05, 4.69) is 26.2 Å². The van der Waals surface area contributed by atoms with Crippen LogP contribution in [-0.2, 0) is 10.0 Å². The second-order valence-corrected chi connectivity index (χ2v) is 9.40. The Bertz CT molecular complexity index is 1430. The maximum Gasteiger partial charge on any atom is 0.270 e. The van der Waals surface area contributed by atoms with Gasteiger partial charge in [-0.15, -0.1) is 4.83 Å². The number of fused-ring (bicyclic) bond motifs is 1. The van der Waals surface area contributed by atoms with E-state index in [1.165, 1.54) is 16.5 Å². The Morgan fingerprint density at radius 1 is 0.906 bits per heavy atom. The zero-order valence-electron chi connectivity index (χ0n) is 16.4. The molecule has 0 aliphatic carbocycles. The minimum absolute atomic E-state index is 0.0122. The summed E-state index contributed by atoms with van der Waals surface area (Å²) >= 11 is 3.33. The molecule has 4 N–H and O–H groups in total. The van der Waals surface area contributed by atoms with Gasteiger partial charge in [0.25, 0.3) is 15.9 Å². The van der Waals surface area contributed by atoms with Crippen molar-refractivity contribution < 1.29 is 18.0 Å². The van der Waals surface area contributed by atoms with Gasteiger partial charge in [-0.05, 0) is 48.5 Å². The Labute approximate surface area is 192 Å². The average Bonchev–Trinajstić information content (AvgIpc) is 3.10. The molecule has 0 bridgehead atoms. The Hall–Kier alpha value is -3.47. The van der Waals surface area contributed by atoms with Gasteiger partial charge in [0.2, 0.25) is 5.78 Å². The van der Waals surface area contributed by atoms with Gasteiger partial charge in [-0.25, -0.2) is 8.42 Å². The molecule has 0 atom stereocenters. The molecule has 0 aliphatic rings. The van der Waals surface area contributed by atoms with Crippen molar-refractivity contribution >= 4 is 48.8 Å². The largest absolute Gasteiger partial charge is 0.396 e. The topological polar surface area (TPSA) is 123 Å². The standard InChI is InChI=1S/C22H17BrN4O4S/c23-15-11-9-14(10-12-15)21(28)20-19(24)18(17-8-4-5-13-27(17)20)22(29)25-26-32(30,31)16-6-2-1-3-7-16/h1-13,26H,24H2,(H,25,29). The Morgan fingerprint density at radius 2 is 1.56 bits per heavy atom. The van der Waals surface area contributed by atoms with Crippen LogP contribution < -0.4 is 16.0 Å². The Balaban J connectivity index is 1.70. The summed E-state index contributed by atoms with van der Waals surface area (Å²) in [5.74, 6) is -1.17. The zero-order chi connectivity index (χ0) is 22.9. The van der Waals surface area contributed by atoms with Crippen molar-refractivity contribution in [2.24, 2.45) is 0 Å². The highest BCUT2D eigenvalue weighted by molar-refractivity contribution is 9.10. The molecule has 1 amide bonds. The van der Waals surface area contributed by atoms with Crippen LogP contribution in [0.1, 0.15) is 26.4 Å². The van der Waals surface area contributed by atoms with Gasteiger partial charge < -0.3 is 10.1 Å². The molecule has 4 aromatic rings. The maximum absolute atomic E-state index is 13.2. The number of hydrogen-bond donors (Lipinski definition) is 3. The van der Waals surface area contributed by atoms with Crippen molar-refractivity contribution in [2.75, 3.05) is 5.73 Å². The van der Waals surface area contributed by atoms with Gasteiger partial charge in [-0.1, -0.05) is 40.2 Å². The number of hydrogen-bond acceptors (Lipinski definition) is 5. The van der Waals surface area contributed by atoms with E-state index in [0.717, 1.165) is 4.47 Å². The number of nitrogens with one attached hydrogen (secondary N) is 2. The number of carbonyl (C=O) groups excluding carboxylic acids is 2. The number of benzene rings is 2. The number of amides is 1. The van der Waals surface area contributed by atoms with Gasteiger partial charge in [0.05, 0.1) is 21.7 Å². The molecule has 2 heterocycles. The van der Waals surface area contributed by atoms with Crippen molar-refractivity contribution in [1.82, 2.24) is 14.7 Å². The molecule has 0 unspecified atom stereocenters. The first kappa shape index (κ1) is 21.8. The van der Waals surface area contributed by atoms with Crippen molar-refractivity contribution in [1.29, 1.82) is 0 Å². The fourth-order valence-electron chi connectivity index (χ4n) is 3.27. The van der Waals surface area contributed by atoms with Crippen LogP contribution in [0.4, 0.5) is 5.69 Å². The van der Waals surface area contributed by atoms with Crippen LogP contribution in [0, 0.1) is 0 Å². The number of carbonyl (C=O) groups is 2. The first-order valence-electron chi connectivity index (χ1n) is 9.35. The van der Waals surface area contributed by atoms with Crippen LogP contribution in [0.2, 0.25) is 0 Å². The molecule has 2 aromatic carbocycles. The van der Waals surface area contributed by atoms with Crippen LogP contribution in [0.25, 0.3) is 5.52 Å². The zero-order valence-corrected chi connectivity index (χ0v) is 18.9. The lowest BCUT2D eigenvalue weighted by Crippen LogP contribution is -2.41. The normalized spacial score (nSPS) is 11.4. The highest BCUT2D eigenvalue weighted by atomic mass is 79.9. The fraction of sp³-hybridized carbons (Fsp3) is 0. The fourth-order valence-corrected chi connectivity index (χ4v) is 4.40. The third-order valence-corrected chi connectivity index (χ3v) is 6.57. The number of halogens is 1. The van der Waals surface area contributed by atoms with E-state index in [4.69, 9.17) is 5.73 Å². The summed E-state index contributed by atoms with van der Waals surface area (Å²) < 4.78 is 27.2. The third kappa shape index (κ3) is 4.03. The molecule has 2 aromatic heterocycles. The number of aromatic nitrogens is 1. The number of sulfonamides is 1. The monoisotopic (exact) mass is 512 g/mol. The number of pyridine rings is 1. The molecule has 0 radical (unpaired) electrons. The molecule has 4 rings (SSSR count). The van der Waals surface area contributed by atoms with Crippen molar-refractivity contribution in [3.8, 4) is 0 Å². The lowest BCUT2D eigenvalue weighted by molar-refractivity contribution is 0.0947. The molecule has 0 aliphatic heterocycles. The number of nitrogens with zero attached hydrogens (tertiary/aromatic N) is 1. The minimum atomic E-state index is -3.99. The number of ketones is 1. The average molecular weight is 513 g/mol. The summed E-state index contributed by atoms with van der Waals surface area (Å²) in [5, 5.41) is 0. The minimum Gasteiger partial charge on any atom is -0.396 e. The first-order valence-corrected chi connectivity index (χ1v) is 11.6. The molecule has 10 heteroatoms. The highest BCUT2D eigenvalue weighted by Gasteiger charge is 2.27. The lowest BCUT2D eigenvalue weighted by Gasteiger charge is -2.08. The van der Waals surface area contributed by atoms with Crippen molar-refractivity contribution in [3.63, 3.8) is 0 Å². The molecule has 8 nitrogen and oxygen atoms in total. The molecule has 32 heavy (non-hydrogen) atoms. The summed E-state index contributed by atoms with van der Waals surface area (Å²) in [6.45, 7) is 0. The Kier molecular flexibility index (Phi) is 5.83. The smallest absolute Gasteiger partial charge is 0.270 e. The SMILES string of the molecule is Nc1c(C(=O)NNS(=O)(=O)c2ccccc2)c2ccccn2c1C(=O)c1ccc(Br)cc1. The number of nitrogens with two attached hydrogens (primary N) is 1. The molecule has 162 valence electrons. The first-order chi connectivity index (χ1) is 15.3. The van der Waals surface area contributed by atoms with Crippen LogP contribution >= 0.6 is 15.9 Å². The molecule has 0 spiro atoms. The van der Waals surface area contributed by atoms with Gasteiger partial charge in [0, 0.05) is 16.2 Å². The second kappa shape index (κ2) is 8.58. The van der Waals surface area contributed by atoms with Crippen molar-refractivity contribution in [2.45, 2.75) is 4.90 Å². The van der Waals surface area contributed by atoms with Gasteiger partial charge in [-0.3, -0.25) is 15.0 Å². The second-order valence-electron chi connectivity index (χ2n) is 6.80. The predicted octanol–water partition coefficient (Wildman–Crippen LogP) is 3.14. The summed E-state index contributed by atoms with van der Waals surface area (Å²) in [7, 11) is -3.99. The van der Waals surface area contributed by atoms with E-state index in [9.17, 15) is 18.0 Å². The van der Waals surface area contributed by atoms with Crippen LogP contribution in [0.5, 0.6) is 0 Å². The van der Waals surface area contributed by atoms with Gasteiger partial charge >= 0.3 is 0 Å². The van der Waals surface area contributed by atoms with Gasteiger partial charge in [0.15, 0.2) is 0 Å². The van der Waals surface area contributed by atoms with Crippen LogP contribution in [0.15, 0.2) is 88.4 Å². The number of anilines is 1. The van der Waals surface area contributed by atoms with Crippen molar-refractivity contribution in [3.05, 3.63) is 100 Å². The Morgan fingerprint density at radius 3 is 2.25 bits per heavy atom. The van der Waals surface area contributed by atoms with E-state index in [1.807, 2.05) is 0 Å². The predicted molar refractivity (Wildman–Crippen MR) is 124 cm³/mol. The third-order valence-electron chi connectivity index (χ3n) is 4.78. The van der Waals surface area contributed by atoms with Crippen LogP contribution in [0.3, 0.4) is 0 Å². The number of rotatable bonds is 6. The molecular weight excluding hydrogens is 496 g/mol. The summed E-state index contributed by atoms with van der Waals surface area (Å²) in [4.78, 5) is 28.1. The van der Waals surface area contributed by atoms with E-state index < -0.39 is 15.9 Å². The summed E-state index contributed by atoms with van der Waals surface area (Å²) in [6, 6.07) is 19.3. The number of hydrazine groups is 1. The van der Waals surface area contributed by atoms with Crippen LogP contribution in [-0.4, -0.2) is 24.5 Å². The van der Waals surface area contributed by atoms with E-state index in [0.29, 0.717) is 11.1 Å². The quantitative estimate of drug-likeness (QED) is 0.270. The molecule has 0 saturated heterocycles. The maximum atomic E-state index is 13.2. The molecular formula is C22H17BrN4O4S. The van der Waals surface area contributed by atoms with Gasteiger partial charge in [-0.2, -0.15) is 0 Å². The van der Waals surface area contributed by atoms with E-state index in [-0.39, 0.29) is 27.6 Å². The summed E-state index contributed by atoms with van der Waals surface area (Å²) in [5.41, 5.74) is 9.22. The molecule has 0 fully saturated rings. The molecule has 0 saturated carbocycles. The summed E-state index contributed by atoms with van der Waals surface area (Å²) in [6.07, 6.45) is 1.61. The van der Waals surface area contributed by atoms with Gasteiger partial charge in [0.1, 0.15) is 5.69 Å². The van der Waals surface area contributed by atoms with E-state index >= 15 is 0 Å². The highest BCUT2D eigenvalue weighted by Crippen LogP contribution is 2.28. The number of nitrogen functional groups attached to an aromatic ring is 1.